The van der Waals surface area contributed by atoms with Crippen LogP contribution < -0.4 is 0 Å². The van der Waals surface area contributed by atoms with Gasteiger partial charge in [-0.3, -0.25) is 9.69 Å². The molecule has 9 heteroatoms. The number of aromatic nitrogens is 3. The van der Waals surface area contributed by atoms with Crippen LogP contribution >= 0.6 is 0 Å². The summed E-state index contributed by atoms with van der Waals surface area (Å²) in [5.74, 6) is 5.88. The summed E-state index contributed by atoms with van der Waals surface area (Å²) in [4.78, 5) is 21.9. The Morgan fingerprint density at radius 3 is 2.54 bits per heavy atom. The van der Waals surface area contributed by atoms with Gasteiger partial charge in [0.05, 0.1) is 11.8 Å². The number of ketones is 1. The Hall–Kier alpha value is -4.00. The van der Waals surface area contributed by atoms with Crippen molar-refractivity contribution in [2.24, 2.45) is 0 Å². The van der Waals surface area contributed by atoms with E-state index in [1.165, 1.54) is 6.07 Å². The monoisotopic (exact) mass is 559 g/mol. The number of hydrogen-bond acceptors (Lipinski definition) is 5. The van der Waals surface area contributed by atoms with Gasteiger partial charge in [-0.05, 0) is 66.8 Å². The second kappa shape index (κ2) is 12.2. The number of fused-ring (bicyclic) bond motifs is 1. The number of alkyl halides is 3. The van der Waals surface area contributed by atoms with E-state index < -0.39 is 11.7 Å². The van der Waals surface area contributed by atoms with E-state index in [1.54, 1.807) is 47.2 Å². The Morgan fingerprint density at radius 1 is 1.00 bits per heavy atom. The molecule has 212 valence electrons. The molecule has 0 bridgehead atoms. The number of benzene rings is 2. The highest BCUT2D eigenvalue weighted by atomic mass is 19.4. The molecule has 0 N–H and O–H groups in total. The van der Waals surface area contributed by atoms with Crippen LogP contribution in [-0.2, 0) is 19.1 Å². The summed E-state index contributed by atoms with van der Waals surface area (Å²) < 4.78 is 43.8. The van der Waals surface area contributed by atoms with Gasteiger partial charge in [0.1, 0.15) is 5.69 Å². The quantitative estimate of drug-likeness (QED) is 0.224. The molecule has 6 nitrogen and oxygen atoms in total. The summed E-state index contributed by atoms with van der Waals surface area (Å²) in [6, 6.07) is 13.1. The maximum atomic E-state index is 14.1. The third-order valence-corrected chi connectivity index (χ3v) is 7.41. The molecule has 1 aliphatic rings. The predicted octanol–water partition coefficient (Wildman–Crippen LogP) is 5.41. The first-order valence-electron chi connectivity index (χ1n) is 13.8. The van der Waals surface area contributed by atoms with Crippen molar-refractivity contribution in [2.45, 2.75) is 39.4 Å². The van der Waals surface area contributed by atoms with Gasteiger partial charge in [0, 0.05) is 56.5 Å². The molecule has 0 amide bonds. The van der Waals surface area contributed by atoms with E-state index in [9.17, 15) is 18.0 Å². The van der Waals surface area contributed by atoms with Gasteiger partial charge in [0.25, 0.3) is 0 Å². The Balaban J connectivity index is 1.32. The van der Waals surface area contributed by atoms with Crippen LogP contribution in [0.15, 0.2) is 60.9 Å². The first-order valence-corrected chi connectivity index (χ1v) is 13.8. The van der Waals surface area contributed by atoms with Gasteiger partial charge in [-0.25, -0.2) is 9.50 Å². The summed E-state index contributed by atoms with van der Waals surface area (Å²) in [5.41, 5.74) is 3.14. The lowest BCUT2D eigenvalue weighted by Gasteiger charge is -2.35. The van der Waals surface area contributed by atoms with Crippen molar-refractivity contribution in [2.75, 3.05) is 32.7 Å². The molecular weight excluding hydrogens is 527 g/mol. The Labute approximate surface area is 237 Å². The van der Waals surface area contributed by atoms with E-state index >= 15 is 0 Å². The minimum atomic E-state index is -4.50. The molecular formula is C32H32F3N5O. The van der Waals surface area contributed by atoms with Crippen molar-refractivity contribution in [3.05, 3.63) is 100.0 Å². The molecule has 41 heavy (non-hydrogen) atoms. The summed E-state index contributed by atoms with van der Waals surface area (Å²) in [6.45, 7) is 8.48. The van der Waals surface area contributed by atoms with E-state index in [0.717, 1.165) is 50.8 Å². The van der Waals surface area contributed by atoms with E-state index in [0.29, 0.717) is 28.0 Å². The zero-order valence-electron chi connectivity index (χ0n) is 23.2. The van der Waals surface area contributed by atoms with Crippen molar-refractivity contribution < 1.29 is 18.0 Å². The Morgan fingerprint density at radius 2 is 1.78 bits per heavy atom. The molecule has 2 aromatic carbocycles. The zero-order valence-corrected chi connectivity index (χ0v) is 23.2. The molecule has 0 saturated carbocycles. The largest absolute Gasteiger partial charge is 0.416 e. The number of imidazole rings is 1. The number of nitrogens with zero attached hydrogens (tertiary/aromatic N) is 5. The SMILES string of the molecule is CCCN1CCN(Cc2ccc(CC(=O)c3ccc(C)c(C#Cc4cnc5cccnn45)c3)cc2C(F)(F)F)CC1. The van der Waals surface area contributed by atoms with Crippen LogP contribution in [0.25, 0.3) is 5.65 Å². The highest BCUT2D eigenvalue weighted by Crippen LogP contribution is 2.34. The molecule has 4 aromatic rings. The first-order chi connectivity index (χ1) is 19.7. The lowest BCUT2D eigenvalue weighted by Crippen LogP contribution is -2.46. The molecule has 0 spiro atoms. The van der Waals surface area contributed by atoms with Crippen LogP contribution in [0.5, 0.6) is 0 Å². The molecule has 1 aliphatic heterocycles. The van der Waals surface area contributed by atoms with Gasteiger partial charge in [-0.1, -0.05) is 37.1 Å². The van der Waals surface area contributed by atoms with Crippen molar-refractivity contribution in [1.82, 2.24) is 24.4 Å². The number of halogens is 3. The third kappa shape index (κ3) is 6.84. The highest BCUT2D eigenvalue weighted by molar-refractivity contribution is 5.98. The normalized spacial score (nSPS) is 14.7. The fourth-order valence-corrected chi connectivity index (χ4v) is 5.13. The lowest BCUT2D eigenvalue weighted by molar-refractivity contribution is -0.138. The van der Waals surface area contributed by atoms with Crippen LogP contribution in [0.4, 0.5) is 13.2 Å². The van der Waals surface area contributed by atoms with Crippen molar-refractivity contribution in [3.8, 4) is 11.8 Å². The Bertz CT molecular complexity index is 1610. The number of hydrogen-bond donors (Lipinski definition) is 0. The molecule has 1 fully saturated rings. The summed E-state index contributed by atoms with van der Waals surface area (Å²) in [5, 5.41) is 4.25. The second-order valence-corrected chi connectivity index (χ2v) is 10.4. The molecule has 0 radical (unpaired) electrons. The molecule has 0 aliphatic carbocycles. The van der Waals surface area contributed by atoms with Crippen molar-refractivity contribution in [3.63, 3.8) is 0 Å². The number of carbonyl (C=O) groups is 1. The van der Waals surface area contributed by atoms with Crippen LogP contribution in [0.3, 0.4) is 0 Å². The van der Waals surface area contributed by atoms with E-state index in [2.05, 4.69) is 38.6 Å². The second-order valence-electron chi connectivity index (χ2n) is 10.4. The molecule has 0 unspecified atom stereocenters. The maximum absolute atomic E-state index is 14.1. The molecule has 2 aromatic heterocycles. The zero-order chi connectivity index (χ0) is 29.0. The molecule has 1 saturated heterocycles. The highest BCUT2D eigenvalue weighted by Gasteiger charge is 2.34. The molecule has 5 rings (SSSR count). The Kier molecular flexibility index (Phi) is 8.52. The average molecular weight is 560 g/mol. The third-order valence-electron chi connectivity index (χ3n) is 7.41. The van der Waals surface area contributed by atoms with Gasteiger partial charge in [0.15, 0.2) is 11.4 Å². The minimum Gasteiger partial charge on any atom is -0.301 e. The van der Waals surface area contributed by atoms with Crippen LogP contribution in [-0.4, -0.2) is 62.9 Å². The fraction of sp³-hybridized carbons (Fsp3) is 0.344. The van der Waals surface area contributed by atoms with Crippen molar-refractivity contribution >= 4 is 11.4 Å². The standard InChI is InChI=1S/C32H32F3N5O/c1-3-13-38-14-16-39(17-15-38)22-27-9-7-24(18-29(27)32(33,34)35)19-30(41)26-8-6-23(2)25(20-26)10-11-28-21-36-31-5-4-12-37-40(28)31/h4-9,12,18,20-21H,3,13-17,19,22H2,1-2H3. The topological polar surface area (TPSA) is 53.7 Å². The van der Waals surface area contributed by atoms with Gasteiger partial charge in [-0.2, -0.15) is 18.3 Å². The number of carbonyl (C=O) groups excluding carboxylic acids is 1. The van der Waals surface area contributed by atoms with Gasteiger partial charge in [0.2, 0.25) is 0 Å². The van der Waals surface area contributed by atoms with E-state index in [4.69, 9.17) is 0 Å². The number of rotatable bonds is 7. The smallest absolute Gasteiger partial charge is 0.301 e. The fourth-order valence-electron chi connectivity index (χ4n) is 5.13. The van der Waals surface area contributed by atoms with Gasteiger partial charge >= 0.3 is 6.18 Å². The molecule has 3 heterocycles. The molecule has 0 atom stereocenters. The van der Waals surface area contributed by atoms with Gasteiger partial charge < -0.3 is 4.90 Å². The summed E-state index contributed by atoms with van der Waals surface area (Å²) in [7, 11) is 0. The number of piperazine rings is 1. The average Bonchev–Trinajstić information content (AvgIpc) is 3.37. The maximum Gasteiger partial charge on any atom is 0.416 e. The number of aryl methyl sites for hydroxylation is 1. The van der Waals surface area contributed by atoms with E-state index in [1.807, 2.05) is 13.0 Å². The minimum absolute atomic E-state index is 0.133. The summed E-state index contributed by atoms with van der Waals surface area (Å²) >= 11 is 0. The predicted molar refractivity (Wildman–Crippen MR) is 152 cm³/mol. The lowest BCUT2D eigenvalue weighted by atomic mass is 9.96. The first kappa shape index (κ1) is 28.5. The van der Waals surface area contributed by atoms with Crippen molar-refractivity contribution in [1.29, 1.82) is 0 Å². The van der Waals surface area contributed by atoms with Crippen LogP contribution in [0.1, 0.15) is 57.2 Å². The number of Topliss-reactive ketones (excluding diaryl/α,β-unsaturated/α-hetero) is 1. The summed E-state index contributed by atoms with van der Waals surface area (Å²) in [6.07, 6.45) is -0.288. The van der Waals surface area contributed by atoms with Gasteiger partial charge in [-0.15, -0.1) is 0 Å². The van der Waals surface area contributed by atoms with Crippen LogP contribution in [0, 0.1) is 18.8 Å². The van der Waals surface area contributed by atoms with Crippen LogP contribution in [0.2, 0.25) is 0 Å². The van der Waals surface area contributed by atoms with E-state index in [-0.39, 0.29) is 24.3 Å².